The Labute approximate surface area is 124 Å². The van der Waals surface area contributed by atoms with Gasteiger partial charge in [-0.2, -0.15) is 0 Å². The molecule has 8 nitrogen and oxygen atoms in total. The van der Waals surface area contributed by atoms with Crippen LogP contribution in [0.3, 0.4) is 0 Å². The summed E-state index contributed by atoms with van der Waals surface area (Å²) in [5.41, 5.74) is 5.85. The standard InChI is InChI=1S/C11H18BrN3O5/c1-11(12)8(17)14-10(18)15(9(11)19-2)7-3-5(13)6(4-16)20-7/h5-7,9,16H,3-4,13H2,1-2H3,(H,14,17,18). The quantitative estimate of drug-likeness (QED) is 0.567. The number of hydrogen-bond acceptors (Lipinski definition) is 6. The average Bonchev–Trinajstić information content (AvgIpc) is 2.74. The van der Waals surface area contributed by atoms with E-state index in [2.05, 4.69) is 21.2 Å². The molecule has 0 spiro atoms. The van der Waals surface area contributed by atoms with Crippen molar-refractivity contribution in [3.05, 3.63) is 0 Å². The van der Waals surface area contributed by atoms with Gasteiger partial charge < -0.3 is 20.3 Å². The van der Waals surface area contributed by atoms with Gasteiger partial charge in [-0.15, -0.1) is 0 Å². The first-order valence-corrected chi connectivity index (χ1v) is 6.99. The Bertz CT molecular complexity index is 419. The molecule has 2 aliphatic rings. The summed E-state index contributed by atoms with van der Waals surface area (Å²) in [5, 5.41) is 11.4. The van der Waals surface area contributed by atoms with Crippen molar-refractivity contribution in [2.45, 2.75) is 42.3 Å². The van der Waals surface area contributed by atoms with Crippen LogP contribution in [0.1, 0.15) is 13.3 Å². The Kier molecular flexibility index (Phi) is 4.35. The number of urea groups is 1. The van der Waals surface area contributed by atoms with E-state index >= 15 is 0 Å². The minimum atomic E-state index is -1.10. The summed E-state index contributed by atoms with van der Waals surface area (Å²) < 4.78 is 9.77. The zero-order valence-corrected chi connectivity index (χ0v) is 12.8. The van der Waals surface area contributed by atoms with Crippen LogP contribution in [0.2, 0.25) is 0 Å². The lowest BCUT2D eigenvalue weighted by Gasteiger charge is -2.44. The fourth-order valence-corrected chi connectivity index (χ4v) is 2.99. The van der Waals surface area contributed by atoms with Crippen LogP contribution in [0.25, 0.3) is 0 Å². The molecule has 4 N–H and O–H groups in total. The van der Waals surface area contributed by atoms with Crippen molar-refractivity contribution in [2.75, 3.05) is 13.7 Å². The molecule has 0 radical (unpaired) electrons. The van der Waals surface area contributed by atoms with Crippen LogP contribution < -0.4 is 11.1 Å². The lowest BCUT2D eigenvalue weighted by Crippen LogP contribution is -2.69. The van der Waals surface area contributed by atoms with Gasteiger partial charge in [0.1, 0.15) is 10.6 Å². The molecule has 0 saturated carbocycles. The number of carbonyl (C=O) groups is 2. The summed E-state index contributed by atoms with van der Waals surface area (Å²) in [7, 11) is 1.40. The molecule has 3 amide bonds. The Hall–Kier alpha value is -0.740. The third kappa shape index (κ3) is 2.44. The molecule has 2 fully saturated rings. The van der Waals surface area contributed by atoms with E-state index in [1.165, 1.54) is 12.0 Å². The number of aliphatic hydroxyl groups excluding tert-OH is 1. The summed E-state index contributed by atoms with van der Waals surface area (Å²) in [6.07, 6.45) is -1.67. The van der Waals surface area contributed by atoms with Crippen molar-refractivity contribution in [1.29, 1.82) is 0 Å². The number of methoxy groups -OCH3 is 1. The minimum absolute atomic E-state index is 0.227. The molecule has 2 aliphatic heterocycles. The number of alkyl halides is 1. The van der Waals surface area contributed by atoms with Crippen LogP contribution in [0.15, 0.2) is 0 Å². The third-order valence-corrected chi connectivity index (χ3v) is 4.36. The topological polar surface area (TPSA) is 114 Å². The van der Waals surface area contributed by atoms with Gasteiger partial charge in [0.05, 0.1) is 12.7 Å². The number of nitrogens with two attached hydrogens (primary N) is 1. The van der Waals surface area contributed by atoms with Crippen molar-refractivity contribution in [1.82, 2.24) is 10.2 Å². The van der Waals surface area contributed by atoms with Crippen LogP contribution in [-0.4, -0.2) is 64.6 Å². The van der Waals surface area contributed by atoms with Gasteiger partial charge in [-0.25, -0.2) is 4.79 Å². The van der Waals surface area contributed by atoms with E-state index in [4.69, 9.17) is 20.3 Å². The van der Waals surface area contributed by atoms with E-state index in [9.17, 15) is 9.59 Å². The number of aliphatic hydroxyl groups is 1. The second-order valence-electron chi connectivity index (χ2n) is 5.04. The van der Waals surface area contributed by atoms with Gasteiger partial charge in [0.25, 0.3) is 0 Å². The lowest BCUT2D eigenvalue weighted by molar-refractivity contribution is -0.153. The van der Waals surface area contributed by atoms with E-state index in [1.54, 1.807) is 6.92 Å². The molecule has 20 heavy (non-hydrogen) atoms. The number of hydrogen-bond donors (Lipinski definition) is 3. The summed E-state index contributed by atoms with van der Waals surface area (Å²) in [5.74, 6) is -0.480. The molecule has 9 heteroatoms. The second kappa shape index (κ2) is 5.57. The SMILES string of the molecule is COC1N(C2CC(N)C(CO)O2)C(=O)NC(=O)C1(C)Br. The Morgan fingerprint density at radius 2 is 2.30 bits per heavy atom. The van der Waals surface area contributed by atoms with Crippen molar-refractivity contribution in [3.63, 3.8) is 0 Å². The minimum Gasteiger partial charge on any atom is -0.394 e. The van der Waals surface area contributed by atoms with Crippen molar-refractivity contribution < 1.29 is 24.2 Å². The molecule has 5 unspecified atom stereocenters. The van der Waals surface area contributed by atoms with Crippen LogP contribution >= 0.6 is 15.9 Å². The molecule has 0 aromatic carbocycles. The third-order valence-electron chi connectivity index (χ3n) is 3.61. The van der Waals surface area contributed by atoms with E-state index < -0.39 is 34.8 Å². The van der Waals surface area contributed by atoms with Crippen LogP contribution in [0.4, 0.5) is 4.79 Å². The number of amides is 3. The normalized spacial score (nSPS) is 42.0. The van der Waals surface area contributed by atoms with Gasteiger partial charge in [-0.1, -0.05) is 15.9 Å². The number of halogens is 1. The number of imide groups is 1. The van der Waals surface area contributed by atoms with Gasteiger partial charge in [-0.05, 0) is 6.92 Å². The van der Waals surface area contributed by atoms with Crippen LogP contribution in [0, 0.1) is 0 Å². The highest BCUT2D eigenvalue weighted by Crippen LogP contribution is 2.34. The maximum atomic E-state index is 12.1. The van der Waals surface area contributed by atoms with Crippen molar-refractivity contribution >= 4 is 27.9 Å². The van der Waals surface area contributed by atoms with Crippen molar-refractivity contribution in [3.8, 4) is 0 Å². The molecule has 114 valence electrons. The molecular weight excluding hydrogens is 334 g/mol. The number of nitrogens with one attached hydrogen (secondary N) is 1. The molecular formula is C11H18BrN3O5. The molecule has 2 rings (SSSR count). The summed E-state index contributed by atoms with van der Waals surface area (Å²) in [6.45, 7) is 1.38. The number of carbonyl (C=O) groups excluding carboxylic acids is 2. The summed E-state index contributed by atoms with van der Waals surface area (Å²) in [4.78, 5) is 25.2. The van der Waals surface area contributed by atoms with Gasteiger partial charge in [-0.3, -0.25) is 15.0 Å². The fraction of sp³-hybridized carbons (Fsp3) is 0.818. The molecule has 0 aromatic rings. The Balaban J connectivity index is 2.25. The number of rotatable bonds is 3. The maximum absolute atomic E-state index is 12.1. The average molecular weight is 352 g/mol. The Morgan fingerprint density at radius 3 is 2.80 bits per heavy atom. The zero-order chi connectivity index (χ0) is 15.1. The van der Waals surface area contributed by atoms with Crippen molar-refractivity contribution in [2.24, 2.45) is 5.73 Å². The van der Waals surface area contributed by atoms with Gasteiger partial charge in [0, 0.05) is 19.6 Å². The largest absolute Gasteiger partial charge is 0.394 e. The highest BCUT2D eigenvalue weighted by atomic mass is 79.9. The smallest absolute Gasteiger partial charge is 0.328 e. The zero-order valence-electron chi connectivity index (χ0n) is 11.2. The highest BCUT2D eigenvalue weighted by molar-refractivity contribution is 9.10. The molecule has 2 saturated heterocycles. The second-order valence-corrected chi connectivity index (χ2v) is 6.69. The fourth-order valence-electron chi connectivity index (χ4n) is 2.48. The van der Waals surface area contributed by atoms with Crippen LogP contribution in [0.5, 0.6) is 0 Å². The molecule has 2 heterocycles. The molecule has 0 aliphatic carbocycles. The van der Waals surface area contributed by atoms with Gasteiger partial charge in [0.15, 0.2) is 6.23 Å². The first kappa shape index (κ1) is 15.6. The highest BCUT2D eigenvalue weighted by Gasteiger charge is 2.53. The predicted octanol–water partition coefficient (Wildman–Crippen LogP) is -0.901. The summed E-state index contributed by atoms with van der Waals surface area (Å²) in [6, 6.07) is -0.982. The van der Waals surface area contributed by atoms with E-state index in [1.807, 2.05) is 0 Å². The summed E-state index contributed by atoms with van der Waals surface area (Å²) >= 11 is 3.28. The monoisotopic (exact) mass is 351 g/mol. The Morgan fingerprint density at radius 1 is 1.65 bits per heavy atom. The van der Waals surface area contributed by atoms with Gasteiger partial charge in [0.2, 0.25) is 5.91 Å². The lowest BCUT2D eigenvalue weighted by atomic mass is 10.0. The predicted molar refractivity (Wildman–Crippen MR) is 71.8 cm³/mol. The molecule has 5 atom stereocenters. The number of ether oxygens (including phenoxy) is 2. The first-order valence-electron chi connectivity index (χ1n) is 6.20. The first-order chi connectivity index (χ1) is 9.32. The van der Waals surface area contributed by atoms with Gasteiger partial charge >= 0.3 is 6.03 Å². The van der Waals surface area contributed by atoms with Crippen LogP contribution in [-0.2, 0) is 14.3 Å². The van der Waals surface area contributed by atoms with E-state index in [-0.39, 0.29) is 12.6 Å². The van der Waals surface area contributed by atoms with E-state index in [0.29, 0.717) is 6.42 Å². The maximum Gasteiger partial charge on any atom is 0.328 e. The molecule has 0 aromatic heterocycles. The van der Waals surface area contributed by atoms with E-state index in [0.717, 1.165) is 0 Å². The molecule has 0 bridgehead atoms. The number of nitrogens with zero attached hydrogens (tertiary/aromatic N) is 1.